The van der Waals surface area contributed by atoms with Crippen molar-refractivity contribution in [3.05, 3.63) is 80.1 Å². The number of alkyl halides is 2. The third-order valence-corrected chi connectivity index (χ3v) is 24.3. The van der Waals surface area contributed by atoms with Crippen LogP contribution in [0.4, 0.5) is 48.0 Å². The van der Waals surface area contributed by atoms with Gasteiger partial charge < -0.3 is 40.2 Å². The standard InChI is InChI=1S/C65H62ClF6N15O3S2/c1-31-24-76-65(31)13-17-84(28-65)56-37-18-40(66)46(48(71)50(37)78-60(80-56)89-29-63-10-2-14-85(63)25-32(67)19-63)35-6-8-42(70)54-44(35)39(23-74)58(92-54)77-43-21-62(82-43)12-16-83(27-62)57-47-51(79-61(81-57)90-30-64-11-3-15-86(64)26-33(68)20-64)49(72)52(87(59(47)88)34-4-5-34)36-7-9-41(69)53-45(36)38(22-73)55(75)91-53/h6-9,18,31-34,43,76-77,82H,2-5,10-17,19-21,24-30,75H2,1H3/t31-,32+,33+,43?,62?,63-,64-,65-/m0/s1. The number of halogens is 7. The largest absolute Gasteiger partial charge is 0.461 e. The number of nitrogens with zero attached hydrogens (tertiary/aromatic N) is 11. The summed E-state index contributed by atoms with van der Waals surface area (Å²) in [5, 5.41) is 32.9. The van der Waals surface area contributed by atoms with E-state index < -0.39 is 70.0 Å². The number of nitrogens with one attached hydrogen (secondary N) is 3. The van der Waals surface area contributed by atoms with Gasteiger partial charge in [0.2, 0.25) is 0 Å². The number of anilines is 4. The zero-order valence-corrected chi connectivity index (χ0v) is 52.4. The maximum atomic E-state index is 18.1. The molecule has 2 spiro atoms. The van der Waals surface area contributed by atoms with Crippen LogP contribution in [0.25, 0.3) is 64.4 Å². The number of ether oxygens (including phenoxy) is 2. The van der Waals surface area contributed by atoms with Crippen LogP contribution in [-0.4, -0.2) is 147 Å². The topological polar surface area (TPSA) is 215 Å². The van der Waals surface area contributed by atoms with Crippen molar-refractivity contribution in [1.29, 1.82) is 10.5 Å². The summed E-state index contributed by atoms with van der Waals surface area (Å²) in [6, 6.07) is 10.5. The molecule has 27 heteroatoms. The number of benzene rings is 3. The van der Waals surface area contributed by atoms with Crippen molar-refractivity contribution in [1.82, 2.24) is 44.9 Å². The van der Waals surface area contributed by atoms with Crippen LogP contribution >= 0.6 is 34.3 Å². The lowest BCUT2D eigenvalue weighted by atomic mass is 9.77. The Balaban J connectivity index is 0.696. The van der Waals surface area contributed by atoms with Gasteiger partial charge in [-0.25, -0.2) is 26.3 Å². The number of hydrogen-bond donors (Lipinski definition) is 4. The summed E-state index contributed by atoms with van der Waals surface area (Å²) in [6.45, 7) is 7.16. The first-order chi connectivity index (χ1) is 44.4. The first kappa shape index (κ1) is 58.5. The molecule has 92 heavy (non-hydrogen) atoms. The molecule has 1 saturated carbocycles. The summed E-state index contributed by atoms with van der Waals surface area (Å²) in [5.74, 6) is -1.98. The molecular formula is C65H62ClF6N15O3S2. The Morgan fingerprint density at radius 2 is 1.38 bits per heavy atom. The van der Waals surface area contributed by atoms with E-state index in [0.717, 1.165) is 61.4 Å². The fourth-order valence-corrected chi connectivity index (χ4v) is 19.4. The van der Waals surface area contributed by atoms with Gasteiger partial charge in [0.05, 0.1) is 48.5 Å². The highest BCUT2D eigenvalue weighted by atomic mass is 35.5. The fraction of sp³-hybridized carbons (Fsp3) is 0.492. The first-order valence-corrected chi connectivity index (χ1v) is 33.7. The van der Waals surface area contributed by atoms with E-state index in [1.54, 1.807) is 6.07 Å². The van der Waals surface area contributed by atoms with Crippen LogP contribution in [0.2, 0.25) is 5.02 Å². The quantitative estimate of drug-likeness (QED) is 0.0790. The Morgan fingerprint density at radius 1 is 0.761 bits per heavy atom. The van der Waals surface area contributed by atoms with E-state index in [2.05, 4.69) is 54.7 Å². The highest BCUT2D eigenvalue weighted by Gasteiger charge is 2.53. The van der Waals surface area contributed by atoms with E-state index in [9.17, 15) is 14.9 Å². The van der Waals surface area contributed by atoms with Crippen molar-refractivity contribution in [2.24, 2.45) is 5.92 Å². The van der Waals surface area contributed by atoms with Gasteiger partial charge in [-0.1, -0.05) is 24.6 Å². The van der Waals surface area contributed by atoms with Gasteiger partial charge in [0, 0.05) is 109 Å². The van der Waals surface area contributed by atoms with Gasteiger partial charge in [-0.2, -0.15) is 30.5 Å². The lowest BCUT2D eigenvalue weighted by molar-refractivity contribution is 0.107. The SMILES string of the molecule is C[C@H]1CN[C@]12CCN(c1nc(OC[C@@]34CCCN3C[C@H](F)C4)nc3c(F)c(-c4ccc(F)c5sc(NC6CC7(CCN(c8nc(OC[C@@]9%10CCCN9C[C@H](F)C%10)nc9c(F)c(-c%10ccc(F)c%11sc(N)c(C#N)c%10%11)n(C%10CC%10)c(=O)c89)C7)N6)c(C#N)c45)c(Cl)cc13)C2. The van der Waals surface area contributed by atoms with E-state index in [4.69, 9.17) is 41.8 Å². The number of fused-ring (bicyclic) bond motifs is 6. The minimum Gasteiger partial charge on any atom is -0.461 e. The number of hydrogen-bond acceptors (Lipinski definition) is 19. The van der Waals surface area contributed by atoms with Crippen LogP contribution in [0.1, 0.15) is 94.7 Å². The summed E-state index contributed by atoms with van der Waals surface area (Å²) in [5.41, 5.74) is 3.49. The molecular weight excluding hydrogens is 1250 g/mol. The summed E-state index contributed by atoms with van der Waals surface area (Å²) >= 11 is 9.09. The highest BCUT2D eigenvalue weighted by molar-refractivity contribution is 7.23. The second-order valence-electron chi connectivity index (χ2n) is 27.2. The fourth-order valence-electron chi connectivity index (χ4n) is 17.0. The molecule has 0 bridgehead atoms. The molecule has 5 N–H and O–H groups in total. The Hall–Kier alpha value is -7.30. The van der Waals surface area contributed by atoms with Crippen molar-refractivity contribution in [2.45, 2.75) is 124 Å². The average molecular weight is 1310 g/mol. The number of pyridine rings is 1. The molecule has 8 aromatic rings. The maximum absolute atomic E-state index is 18.1. The summed E-state index contributed by atoms with van der Waals surface area (Å²) < 4.78 is 112. The highest BCUT2D eigenvalue weighted by Crippen LogP contribution is 2.51. The molecule has 8 atom stereocenters. The van der Waals surface area contributed by atoms with Crippen LogP contribution in [0.15, 0.2) is 35.1 Å². The van der Waals surface area contributed by atoms with E-state index in [1.807, 2.05) is 4.90 Å². The van der Waals surface area contributed by atoms with E-state index in [-0.39, 0.29) is 136 Å². The molecule has 476 valence electrons. The van der Waals surface area contributed by atoms with Gasteiger partial charge in [0.25, 0.3) is 5.56 Å². The van der Waals surface area contributed by atoms with Crippen molar-refractivity contribution < 1.29 is 35.8 Å². The van der Waals surface area contributed by atoms with Crippen molar-refractivity contribution in [3.8, 4) is 46.5 Å². The minimum atomic E-state index is -1.05. The zero-order chi connectivity index (χ0) is 63.1. The smallest absolute Gasteiger partial charge is 0.319 e. The van der Waals surface area contributed by atoms with Gasteiger partial charge in [-0.05, 0) is 100 Å². The number of aromatic nitrogens is 5. The van der Waals surface area contributed by atoms with Gasteiger partial charge in [0.15, 0.2) is 11.6 Å². The van der Waals surface area contributed by atoms with Crippen LogP contribution in [0, 0.1) is 51.8 Å². The molecule has 8 saturated heterocycles. The van der Waals surface area contributed by atoms with Gasteiger partial charge in [0.1, 0.15) is 87.4 Å². The van der Waals surface area contributed by atoms with Crippen molar-refractivity contribution >= 4 is 97.9 Å². The number of nitrogens with two attached hydrogens (primary N) is 1. The van der Waals surface area contributed by atoms with E-state index in [1.165, 1.54) is 28.8 Å². The molecule has 18 nitrogen and oxygen atoms in total. The summed E-state index contributed by atoms with van der Waals surface area (Å²) in [7, 11) is 0. The predicted molar refractivity (Wildman–Crippen MR) is 340 cm³/mol. The summed E-state index contributed by atoms with van der Waals surface area (Å²) in [6.07, 6.45) is 4.22. The molecule has 0 radical (unpaired) electrons. The monoisotopic (exact) mass is 1310 g/mol. The Morgan fingerprint density at radius 3 is 2.01 bits per heavy atom. The molecule has 13 heterocycles. The van der Waals surface area contributed by atoms with Gasteiger partial charge in [-0.3, -0.25) is 19.9 Å². The van der Waals surface area contributed by atoms with Crippen LogP contribution in [0.3, 0.4) is 0 Å². The first-order valence-electron chi connectivity index (χ1n) is 31.6. The van der Waals surface area contributed by atoms with Crippen LogP contribution in [-0.2, 0) is 0 Å². The zero-order valence-electron chi connectivity index (χ0n) is 50.0. The van der Waals surface area contributed by atoms with E-state index in [0.29, 0.717) is 93.4 Å². The average Bonchev–Trinajstić information content (AvgIpc) is 1.34. The normalized spacial score (nSPS) is 28.5. The van der Waals surface area contributed by atoms with Gasteiger partial charge >= 0.3 is 12.0 Å². The Bertz CT molecular complexity index is 4650. The molecule has 0 amide bonds. The number of nitriles is 2. The predicted octanol–water partition coefficient (Wildman–Crippen LogP) is 10.8. The third-order valence-electron chi connectivity index (χ3n) is 21.9. The minimum absolute atomic E-state index is 0.00469. The van der Waals surface area contributed by atoms with E-state index >= 15 is 26.7 Å². The molecule has 3 aromatic carbocycles. The Kier molecular flexibility index (Phi) is 13.4. The number of rotatable bonds is 13. The summed E-state index contributed by atoms with van der Waals surface area (Å²) in [4.78, 5) is 42.8. The molecule has 1 aliphatic carbocycles. The molecule has 8 aliphatic heterocycles. The maximum Gasteiger partial charge on any atom is 0.319 e. The van der Waals surface area contributed by atoms with Crippen LogP contribution < -0.4 is 46.5 Å². The van der Waals surface area contributed by atoms with Gasteiger partial charge in [-0.15, -0.1) is 22.7 Å². The Labute approximate surface area is 536 Å². The lowest BCUT2D eigenvalue weighted by Gasteiger charge is -2.47. The second kappa shape index (κ2) is 21.1. The molecule has 9 fully saturated rings. The van der Waals surface area contributed by atoms with Crippen molar-refractivity contribution in [2.75, 3.05) is 93.0 Å². The molecule has 5 aromatic heterocycles. The second-order valence-corrected chi connectivity index (χ2v) is 29.7. The lowest BCUT2D eigenvalue weighted by Crippen LogP contribution is -2.67. The number of thiophene rings is 2. The third kappa shape index (κ3) is 8.85. The molecule has 9 aliphatic rings. The van der Waals surface area contributed by atoms with Crippen LogP contribution in [0.5, 0.6) is 12.0 Å². The molecule has 17 rings (SSSR count). The molecule has 2 unspecified atom stereocenters. The number of nitrogen functional groups attached to an aromatic ring is 1. The van der Waals surface area contributed by atoms with Crippen molar-refractivity contribution in [3.63, 3.8) is 0 Å².